The van der Waals surface area contributed by atoms with Crippen LogP contribution in [-0.4, -0.2) is 53.9 Å². The SMILES string of the molecule is NCCSC[C@H](NC(=O)c1ccc(F)cc1)C(=O)N1CCCCC1. The predicted octanol–water partition coefficient (Wildman–Crippen LogP) is 1.63. The summed E-state index contributed by atoms with van der Waals surface area (Å²) in [6.45, 7) is 2.01. The summed E-state index contributed by atoms with van der Waals surface area (Å²) in [6.07, 6.45) is 3.14. The quantitative estimate of drug-likeness (QED) is 0.731. The van der Waals surface area contributed by atoms with Gasteiger partial charge in [0.15, 0.2) is 0 Å². The molecule has 0 spiro atoms. The van der Waals surface area contributed by atoms with E-state index in [4.69, 9.17) is 5.73 Å². The first kappa shape index (κ1) is 18.7. The molecule has 2 amide bonds. The lowest BCUT2D eigenvalue weighted by Gasteiger charge is -2.30. The minimum Gasteiger partial charge on any atom is -0.341 e. The van der Waals surface area contributed by atoms with Gasteiger partial charge < -0.3 is 16.0 Å². The summed E-state index contributed by atoms with van der Waals surface area (Å²) in [7, 11) is 0. The van der Waals surface area contributed by atoms with Crippen LogP contribution in [0.2, 0.25) is 0 Å². The van der Waals surface area contributed by atoms with E-state index in [0.717, 1.165) is 38.1 Å². The Bertz CT molecular complexity index is 547. The minimum absolute atomic E-state index is 0.0466. The number of likely N-dealkylation sites (tertiary alicyclic amines) is 1. The normalized spacial score (nSPS) is 15.8. The highest BCUT2D eigenvalue weighted by Gasteiger charge is 2.27. The van der Waals surface area contributed by atoms with Gasteiger partial charge in [0.25, 0.3) is 5.91 Å². The highest BCUT2D eigenvalue weighted by atomic mass is 32.2. The number of piperidine rings is 1. The number of amides is 2. The number of carbonyl (C=O) groups is 2. The molecular formula is C17H24FN3O2S. The van der Waals surface area contributed by atoms with E-state index in [9.17, 15) is 14.0 Å². The van der Waals surface area contributed by atoms with Gasteiger partial charge in [-0.3, -0.25) is 9.59 Å². The van der Waals surface area contributed by atoms with Crippen LogP contribution in [0.25, 0.3) is 0 Å². The van der Waals surface area contributed by atoms with Crippen molar-refractivity contribution in [3.05, 3.63) is 35.6 Å². The molecule has 5 nitrogen and oxygen atoms in total. The van der Waals surface area contributed by atoms with Crippen LogP contribution in [0.3, 0.4) is 0 Å². The van der Waals surface area contributed by atoms with Gasteiger partial charge in [0.2, 0.25) is 5.91 Å². The van der Waals surface area contributed by atoms with E-state index in [2.05, 4.69) is 5.32 Å². The first-order chi connectivity index (χ1) is 11.6. The largest absolute Gasteiger partial charge is 0.341 e. The molecule has 0 bridgehead atoms. The number of nitrogens with one attached hydrogen (secondary N) is 1. The first-order valence-corrected chi connectivity index (χ1v) is 9.40. The smallest absolute Gasteiger partial charge is 0.251 e. The monoisotopic (exact) mass is 353 g/mol. The fourth-order valence-corrected chi connectivity index (χ4v) is 3.43. The van der Waals surface area contributed by atoms with Crippen molar-refractivity contribution in [2.75, 3.05) is 31.1 Å². The van der Waals surface area contributed by atoms with Crippen LogP contribution in [0.1, 0.15) is 29.6 Å². The van der Waals surface area contributed by atoms with Gasteiger partial charge in [-0.2, -0.15) is 11.8 Å². The third kappa shape index (κ3) is 5.49. The second-order valence-corrected chi connectivity index (χ2v) is 6.93. The maximum atomic E-state index is 13.0. The lowest BCUT2D eigenvalue weighted by atomic mass is 10.1. The lowest BCUT2D eigenvalue weighted by molar-refractivity contribution is -0.133. The maximum Gasteiger partial charge on any atom is 0.251 e. The van der Waals surface area contributed by atoms with Crippen molar-refractivity contribution in [3.63, 3.8) is 0 Å². The fourth-order valence-electron chi connectivity index (χ4n) is 2.64. The molecule has 1 heterocycles. The molecule has 3 N–H and O–H groups in total. The van der Waals surface area contributed by atoms with Gasteiger partial charge in [0.1, 0.15) is 11.9 Å². The van der Waals surface area contributed by atoms with Gasteiger partial charge in [-0.05, 0) is 43.5 Å². The molecule has 1 fully saturated rings. The number of rotatable bonds is 7. The fraction of sp³-hybridized carbons (Fsp3) is 0.529. The van der Waals surface area contributed by atoms with Crippen molar-refractivity contribution in [1.82, 2.24) is 10.2 Å². The third-order valence-corrected chi connectivity index (χ3v) is 5.02. The summed E-state index contributed by atoms with van der Waals surface area (Å²) in [5, 5.41) is 2.79. The molecule has 0 aromatic heterocycles. The Hall–Kier alpha value is -1.60. The van der Waals surface area contributed by atoms with E-state index in [1.54, 1.807) is 11.8 Å². The number of benzene rings is 1. The number of nitrogens with zero attached hydrogens (tertiary/aromatic N) is 1. The zero-order chi connectivity index (χ0) is 17.4. The van der Waals surface area contributed by atoms with Crippen LogP contribution >= 0.6 is 11.8 Å². The van der Waals surface area contributed by atoms with Crippen molar-refractivity contribution in [1.29, 1.82) is 0 Å². The van der Waals surface area contributed by atoms with Crippen molar-refractivity contribution in [3.8, 4) is 0 Å². The van der Waals surface area contributed by atoms with Crippen LogP contribution in [0.15, 0.2) is 24.3 Å². The van der Waals surface area contributed by atoms with E-state index in [1.807, 2.05) is 4.90 Å². The molecule has 2 rings (SSSR count). The topological polar surface area (TPSA) is 75.4 Å². The minimum atomic E-state index is -0.586. The van der Waals surface area contributed by atoms with E-state index in [1.165, 1.54) is 24.3 Å². The summed E-state index contributed by atoms with van der Waals surface area (Å²) in [5.41, 5.74) is 5.85. The summed E-state index contributed by atoms with van der Waals surface area (Å²) in [4.78, 5) is 26.9. The molecule has 132 valence electrons. The second kappa shape index (κ2) is 9.64. The van der Waals surface area contributed by atoms with Gasteiger partial charge in [-0.1, -0.05) is 0 Å². The molecule has 1 aliphatic rings. The van der Waals surface area contributed by atoms with Gasteiger partial charge in [-0.15, -0.1) is 0 Å². The third-order valence-electron chi connectivity index (χ3n) is 3.92. The van der Waals surface area contributed by atoms with Crippen molar-refractivity contribution in [2.45, 2.75) is 25.3 Å². The summed E-state index contributed by atoms with van der Waals surface area (Å²) >= 11 is 1.55. The Labute approximate surface area is 146 Å². The molecule has 1 aromatic carbocycles. The van der Waals surface area contributed by atoms with Crippen LogP contribution < -0.4 is 11.1 Å². The maximum absolute atomic E-state index is 13.0. The first-order valence-electron chi connectivity index (χ1n) is 8.25. The highest BCUT2D eigenvalue weighted by Crippen LogP contribution is 2.13. The average Bonchev–Trinajstić information content (AvgIpc) is 2.61. The van der Waals surface area contributed by atoms with Gasteiger partial charge in [0, 0.05) is 36.7 Å². The van der Waals surface area contributed by atoms with E-state index in [-0.39, 0.29) is 11.8 Å². The summed E-state index contributed by atoms with van der Waals surface area (Å²) < 4.78 is 13.0. The number of nitrogens with two attached hydrogens (primary N) is 1. The molecule has 1 atom stereocenters. The van der Waals surface area contributed by atoms with E-state index in [0.29, 0.717) is 17.9 Å². The number of hydrogen-bond acceptors (Lipinski definition) is 4. The summed E-state index contributed by atoms with van der Waals surface area (Å²) in [5.74, 6) is 0.412. The predicted molar refractivity (Wildman–Crippen MR) is 94.5 cm³/mol. The Morgan fingerprint density at radius 3 is 2.50 bits per heavy atom. The molecule has 0 radical (unpaired) electrons. The van der Waals surface area contributed by atoms with Crippen LogP contribution in [0.5, 0.6) is 0 Å². The Morgan fingerprint density at radius 2 is 1.88 bits per heavy atom. The van der Waals surface area contributed by atoms with Crippen molar-refractivity contribution in [2.24, 2.45) is 5.73 Å². The average molecular weight is 353 g/mol. The standard InChI is InChI=1S/C17H24FN3O2S/c18-14-6-4-13(5-7-14)16(22)20-15(12-24-11-8-19)17(23)21-9-2-1-3-10-21/h4-7,15H,1-3,8-12,19H2,(H,20,22)/t15-/m0/s1. The van der Waals surface area contributed by atoms with Crippen LogP contribution in [0, 0.1) is 5.82 Å². The van der Waals surface area contributed by atoms with Crippen LogP contribution in [-0.2, 0) is 4.79 Å². The number of halogens is 1. The van der Waals surface area contributed by atoms with Crippen LogP contribution in [0.4, 0.5) is 4.39 Å². The Balaban J connectivity index is 2.02. The molecule has 1 saturated heterocycles. The summed E-state index contributed by atoms with van der Waals surface area (Å²) in [6, 6.07) is 4.72. The second-order valence-electron chi connectivity index (χ2n) is 5.78. The van der Waals surface area contributed by atoms with Gasteiger partial charge >= 0.3 is 0 Å². The zero-order valence-electron chi connectivity index (χ0n) is 13.7. The van der Waals surface area contributed by atoms with Gasteiger partial charge in [0.05, 0.1) is 0 Å². The molecule has 0 saturated carbocycles. The van der Waals surface area contributed by atoms with E-state index >= 15 is 0 Å². The number of thioether (sulfide) groups is 1. The van der Waals surface area contributed by atoms with Gasteiger partial charge in [-0.25, -0.2) is 4.39 Å². The lowest BCUT2D eigenvalue weighted by Crippen LogP contribution is -2.51. The number of hydrogen-bond donors (Lipinski definition) is 2. The molecule has 0 aliphatic carbocycles. The molecule has 7 heteroatoms. The molecule has 1 aromatic rings. The highest BCUT2D eigenvalue weighted by molar-refractivity contribution is 7.99. The van der Waals surface area contributed by atoms with E-state index < -0.39 is 11.9 Å². The van der Waals surface area contributed by atoms with Crippen molar-refractivity contribution < 1.29 is 14.0 Å². The Morgan fingerprint density at radius 1 is 1.21 bits per heavy atom. The Kier molecular flexibility index (Phi) is 7.52. The number of carbonyl (C=O) groups excluding carboxylic acids is 2. The van der Waals surface area contributed by atoms with Crippen molar-refractivity contribution >= 4 is 23.6 Å². The molecular weight excluding hydrogens is 329 g/mol. The zero-order valence-corrected chi connectivity index (χ0v) is 14.5. The molecule has 1 aliphatic heterocycles. The molecule has 0 unspecified atom stereocenters. The molecule has 24 heavy (non-hydrogen) atoms.